The smallest absolute Gasteiger partial charge is 0.0234 e. The molecule has 0 saturated carbocycles. The summed E-state index contributed by atoms with van der Waals surface area (Å²) in [5, 5.41) is 0. The lowest BCUT2D eigenvalue weighted by Crippen LogP contribution is -2.30. The Balaban J connectivity index is 2.63. The molecule has 0 amide bonds. The lowest BCUT2D eigenvalue weighted by molar-refractivity contribution is 0.268. The average molecular weight is 234 g/mol. The molecule has 17 heavy (non-hydrogen) atoms. The minimum atomic E-state index is 0.745. The van der Waals surface area contributed by atoms with Crippen molar-refractivity contribution in [2.45, 2.75) is 40.2 Å². The van der Waals surface area contributed by atoms with Crippen molar-refractivity contribution in [3.8, 4) is 0 Å². The van der Waals surface area contributed by atoms with Crippen LogP contribution in [0.5, 0.6) is 0 Å². The van der Waals surface area contributed by atoms with Gasteiger partial charge in [0.15, 0.2) is 0 Å². The second kappa shape index (κ2) is 7.46. The normalized spacial score (nSPS) is 11.1. The average Bonchev–Trinajstić information content (AvgIpc) is 2.24. The molecule has 0 aliphatic heterocycles. The second-order valence-corrected chi connectivity index (χ2v) is 4.91. The van der Waals surface area contributed by atoms with Crippen LogP contribution in [0.1, 0.15) is 36.5 Å². The molecule has 1 rings (SSSR count). The monoisotopic (exact) mass is 234 g/mol. The van der Waals surface area contributed by atoms with Gasteiger partial charge in [-0.05, 0) is 32.4 Å². The van der Waals surface area contributed by atoms with Gasteiger partial charge in [-0.1, -0.05) is 42.7 Å². The second-order valence-electron chi connectivity index (χ2n) is 4.91. The maximum absolute atomic E-state index is 5.67. The fourth-order valence-corrected chi connectivity index (χ4v) is 2.25. The highest BCUT2D eigenvalue weighted by molar-refractivity contribution is 5.28. The maximum atomic E-state index is 5.67. The summed E-state index contributed by atoms with van der Waals surface area (Å²) in [5.74, 6) is 0. The highest BCUT2D eigenvalue weighted by atomic mass is 15.1. The molecule has 0 aliphatic carbocycles. The first-order chi connectivity index (χ1) is 8.15. The molecule has 0 spiro atoms. The molecule has 0 atom stereocenters. The molecule has 2 nitrogen and oxygen atoms in total. The van der Waals surface area contributed by atoms with Crippen molar-refractivity contribution in [2.75, 3.05) is 19.6 Å². The fourth-order valence-electron chi connectivity index (χ4n) is 2.25. The van der Waals surface area contributed by atoms with Gasteiger partial charge in [0.2, 0.25) is 0 Å². The quantitative estimate of drug-likeness (QED) is 0.786. The van der Waals surface area contributed by atoms with Gasteiger partial charge < -0.3 is 5.73 Å². The number of hydrogen-bond donors (Lipinski definition) is 1. The Kier molecular flexibility index (Phi) is 6.23. The number of hydrogen-bond acceptors (Lipinski definition) is 2. The van der Waals surface area contributed by atoms with Gasteiger partial charge in [-0.3, -0.25) is 4.90 Å². The van der Waals surface area contributed by atoms with Crippen LogP contribution in [-0.2, 0) is 6.54 Å². The van der Waals surface area contributed by atoms with Crippen LogP contribution in [0.3, 0.4) is 0 Å². The summed E-state index contributed by atoms with van der Waals surface area (Å²) in [5.41, 5.74) is 9.78. The van der Waals surface area contributed by atoms with Crippen LogP contribution < -0.4 is 5.73 Å². The predicted molar refractivity (Wildman–Crippen MR) is 75.2 cm³/mol. The number of benzene rings is 1. The van der Waals surface area contributed by atoms with Gasteiger partial charge in [-0.25, -0.2) is 0 Å². The molecular weight excluding hydrogens is 208 g/mol. The molecule has 0 heterocycles. The highest BCUT2D eigenvalue weighted by Crippen LogP contribution is 2.11. The Morgan fingerprint density at radius 2 is 1.71 bits per heavy atom. The van der Waals surface area contributed by atoms with E-state index in [1.807, 2.05) is 0 Å². The van der Waals surface area contributed by atoms with Crippen molar-refractivity contribution in [3.63, 3.8) is 0 Å². The Bertz CT molecular complexity index is 313. The van der Waals surface area contributed by atoms with E-state index in [1.165, 1.54) is 29.5 Å². The zero-order valence-electron chi connectivity index (χ0n) is 11.5. The Morgan fingerprint density at radius 1 is 1.06 bits per heavy atom. The molecule has 96 valence electrons. The van der Waals surface area contributed by atoms with Gasteiger partial charge in [-0.15, -0.1) is 0 Å². The van der Waals surface area contributed by atoms with E-state index in [9.17, 15) is 0 Å². The predicted octanol–water partition coefficient (Wildman–Crippen LogP) is 2.86. The van der Waals surface area contributed by atoms with Crippen LogP contribution in [0.25, 0.3) is 0 Å². The van der Waals surface area contributed by atoms with Gasteiger partial charge in [0.1, 0.15) is 0 Å². The zero-order chi connectivity index (χ0) is 12.7. The molecular formula is C15H26N2. The first kappa shape index (κ1) is 14.2. The van der Waals surface area contributed by atoms with Gasteiger partial charge in [0, 0.05) is 19.6 Å². The van der Waals surface area contributed by atoms with E-state index in [0.717, 1.165) is 26.2 Å². The summed E-state index contributed by atoms with van der Waals surface area (Å²) >= 11 is 0. The van der Waals surface area contributed by atoms with Crippen molar-refractivity contribution >= 4 is 0 Å². The van der Waals surface area contributed by atoms with E-state index in [1.54, 1.807) is 0 Å². The zero-order valence-corrected chi connectivity index (χ0v) is 11.5. The van der Waals surface area contributed by atoms with Crippen LogP contribution in [-0.4, -0.2) is 24.5 Å². The van der Waals surface area contributed by atoms with Crippen LogP contribution >= 0.6 is 0 Å². The Morgan fingerprint density at radius 3 is 2.24 bits per heavy atom. The third-order valence-corrected chi connectivity index (χ3v) is 2.96. The van der Waals surface area contributed by atoms with Crippen molar-refractivity contribution in [2.24, 2.45) is 5.73 Å². The molecule has 0 fully saturated rings. The number of nitrogens with two attached hydrogens (primary N) is 1. The Hall–Kier alpha value is -0.860. The molecule has 0 saturated heterocycles. The lowest BCUT2D eigenvalue weighted by Gasteiger charge is -2.21. The van der Waals surface area contributed by atoms with Crippen LogP contribution in [0, 0.1) is 13.8 Å². The molecule has 0 radical (unpaired) electrons. The molecule has 0 aliphatic rings. The van der Waals surface area contributed by atoms with E-state index in [2.05, 4.69) is 43.9 Å². The topological polar surface area (TPSA) is 29.3 Å². The molecule has 1 aromatic carbocycles. The largest absolute Gasteiger partial charge is 0.329 e. The summed E-state index contributed by atoms with van der Waals surface area (Å²) in [6.45, 7) is 10.5. The minimum Gasteiger partial charge on any atom is -0.329 e. The molecule has 2 heteroatoms. The van der Waals surface area contributed by atoms with E-state index >= 15 is 0 Å². The summed E-state index contributed by atoms with van der Waals surface area (Å²) in [4.78, 5) is 2.46. The standard InChI is InChI=1S/C15H26N2/c1-4-5-7-17(8-6-16)12-15-10-13(2)9-14(3)11-15/h9-11H,4-8,12,16H2,1-3H3. The first-order valence-electron chi connectivity index (χ1n) is 6.65. The van der Waals surface area contributed by atoms with E-state index in [4.69, 9.17) is 5.73 Å². The van der Waals surface area contributed by atoms with E-state index in [0.29, 0.717) is 0 Å². The summed E-state index contributed by atoms with van der Waals surface area (Å²) in [6, 6.07) is 6.79. The van der Waals surface area contributed by atoms with Crippen molar-refractivity contribution in [3.05, 3.63) is 34.9 Å². The van der Waals surface area contributed by atoms with Crippen molar-refractivity contribution in [1.29, 1.82) is 0 Å². The number of rotatable bonds is 7. The van der Waals surface area contributed by atoms with Gasteiger partial charge >= 0.3 is 0 Å². The van der Waals surface area contributed by atoms with E-state index < -0.39 is 0 Å². The Labute approximate surface area is 106 Å². The fraction of sp³-hybridized carbons (Fsp3) is 0.600. The third kappa shape index (κ3) is 5.33. The summed E-state index contributed by atoms with van der Waals surface area (Å²) in [6.07, 6.45) is 2.50. The van der Waals surface area contributed by atoms with Crippen LogP contribution in [0.15, 0.2) is 18.2 Å². The maximum Gasteiger partial charge on any atom is 0.0234 e. The minimum absolute atomic E-state index is 0.745. The SMILES string of the molecule is CCCCN(CCN)Cc1cc(C)cc(C)c1. The molecule has 0 unspecified atom stereocenters. The van der Waals surface area contributed by atoms with Gasteiger partial charge in [0.05, 0.1) is 0 Å². The van der Waals surface area contributed by atoms with Crippen LogP contribution in [0.2, 0.25) is 0 Å². The van der Waals surface area contributed by atoms with Gasteiger partial charge in [0.25, 0.3) is 0 Å². The number of aryl methyl sites for hydroxylation is 2. The number of unbranched alkanes of at least 4 members (excludes halogenated alkanes) is 1. The van der Waals surface area contributed by atoms with Crippen molar-refractivity contribution in [1.82, 2.24) is 4.90 Å². The molecule has 0 bridgehead atoms. The van der Waals surface area contributed by atoms with Crippen LogP contribution in [0.4, 0.5) is 0 Å². The molecule has 2 N–H and O–H groups in total. The molecule has 1 aromatic rings. The lowest BCUT2D eigenvalue weighted by atomic mass is 10.1. The number of nitrogens with zero attached hydrogens (tertiary/aromatic N) is 1. The van der Waals surface area contributed by atoms with Crippen molar-refractivity contribution < 1.29 is 0 Å². The first-order valence-corrected chi connectivity index (χ1v) is 6.65. The van der Waals surface area contributed by atoms with E-state index in [-0.39, 0.29) is 0 Å². The van der Waals surface area contributed by atoms with Gasteiger partial charge in [-0.2, -0.15) is 0 Å². The summed E-state index contributed by atoms with van der Waals surface area (Å²) < 4.78 is 0. The third-order valence-electron chi connectivity index (χ3n) is 2.96. The highest BCUT2D eigenvalue weighted by Gasteiger charge is 2.05. The molecule has 0 aromatic heterocycles. The summed E-state index contributed by atoms with van der Waals surface area (Å²) in [7, 11) is 0.